The number of fused-ring (bicyclic) bond motifs is 1. The highest BCUT2D eigenvalue weighted by Gasteiger charge is 2.11. The van der Waals surface area contributed by atoms with E-state index in [4.69, 9.17) is 11.0 Å². The van der Waals surface area contributed by atoms with E-state index in [0.717, 1.165) is 16.6 Å². The van der Waals surface area contributed by atoms with Crippen molar-refractivity contribution in [2.45, 2.75) is 0 Å². The summed E-state index contributed by atoms with van der Waals surface area (Å²) in [5.41, 5.74) is 7.83. The first kappa shape index (κ1) is 10.3. The zero-order chi connectivity index (χ0) is 12.5. The van der Waals surface area contributed by atoms with Crippen LogP contribution in [0.2, 0.25) is 0 Å². The lowest BCUT2D eigenvalue weighted by Gasteiger charge is -2.07. The summed E-state index contributed by atoms with van der Waals surface area (Å²) >= 11 is 0. The summed E-state index contributed by atoms with van der Waals surface area (Å²) in [4.78, 5) is 4.33. The van der Waals surface area contributed by atoms with Crippen molar-refractivity contribution >= 4 is 16.7 Å². The predicted molar refractivity (Wildman–Crippen MR) is 68.0 cm³/mol. The molecule has 0 radical (unpaired) electrons. The number of nitrogens with two attached hydrogens (primary N) is 1. The number of nitrogen functional groups attached to an aromatic ring is 1. The molecule has 1 aromatic carbocycles. The molecule has 5 heteroatoms. The van der Waals surface area contributed by atoms with Crippen LogP contribution in [0.4, 0.5) is 5.82 Å². The third kappa shape index (κ3) is 1.40. The normalized spacial score (nSPS) is 10.4. The van der Waals surface area contributed by atoms with Gasteiger partial charge in [-0.15, -0.1) is 0 Å². The Bertz CT molecular complexity index is 761. The van der Waals surface area contributed by atoms with E-state index >= 15 is 0 Å². The SMILES string of the molecule is N#Cc1cnn(-c2cccc3cccnc23)c1N. The molecule has 86 valence electrons. The summed E-state index contributed by atoms with van der Waals surface area (Å²) in [6.07, 6.45) is 3.17. The molecule has 3 aromatic rings. The van der Waals surface area contributed by atoms with Gasteiger partial charge in [0.2, 0.25) is 0 Å². The van der Waals surface area contributed by atoms with Crippen molar-refractivity contribution in [3.63, 3.8) is 0 Å². The number of hydrogen-bond acceptors (Lipinski definition) is 4. The van der Waals surface area contributed by atoms with Gasteiger partial charge in [-0.1, -0.05) is 18.2 Å². The standard InChI is InChI=1S/C13H9N5/c14-7-10-8-17-18(13(10)15)11-5-1-3-9-4-2-6-16-12(9)11/h1-6,8H,15H2. The largest absolute Gasteiger partial charge is 0.382 e. The molecule has 0 unspecified atom stereocenters. The van der Waals surface area contributed by atoms with Gasteiger partial charge in [0.05, 0.1) is 17.4 Å². The molecule has 2 N–H and O–H groups in total. The first-order valence-electron chi connectivity index (χ1n) is 5.39. The molecule has 5 nitrogen and oxygen atoms in total. The van der Waals surface area contributed by atoms with Crippen LogP contribution in [0.5, 0.6) is 0 Å². The van der Waals surface area contributed by atoms with Gasteiger partial charge in [-0.05, 0) is 12.1 Å². The van der Waals surface area contributed by atoms with Crippen molar-refractivity contribution in [2.75, 3.05) is 5.73 Å². The fraction of sp³-hybridized carbons (Fsp3) is 0. The summed E-state index contributed by atoms with van der Waals surface area (Å²) < 4.78 is 1.54. The number of hydrogen-bond donors (Lipinski definition) is 1. The summed E-state index contributed by atoms with van der Waals surface area (Å²) in [5.74, 6) is 0.329. The Morgan fingerprint density at radius 3 is 2.83 bits per heavy atom. The number of pyridine rings is 1. The fourth-order valence-corrected chi connectivity index (χ4v) is 1.90. The van der Waals surface area contributed by atoms with Gasteiger partial charge in [0.25, 0.3) is 0 Å². The molecule has 0 saturated heterocycles. The van der Waals surface area contributed by atoms with Crippen molar-refractivity contribution in [3.8, 4) is 11.8 Å². The van der Waals surface area contributed by atoms with Crippen LogP contribution in [0, 0.1) is 11.3 Å². The number of nitrogens with zero attached hydrogens (tertiary/aromatic N) is 4. The van der Waals surface area contributed by atoms with Gasteiger partial charge in [0.15, 0.2) is 0 Å². The molecule has 0 aliphatic rings. The summed E-state index contributed by atoms with van der Waals surface area (Å²) in [6.45, 7) is 0. The van der Waals surface area contributed by atoms with Crippen LogP contribution in [-0.2, 0) is 0 Å². The van der Waals surface area contributed by atoms with Crippen LogP contribution in [0.15, 0.2) is 42.7 Å². The summed E-state index contributed by atoms with van der Waals surface area (Å²) in [6, 6.07) is 11.6. The van der Waals surface area contributed by atoms with E-state index in [9.17, 15) is 0 Å². The number of para-hydroxylation sites is 1. The van der Waals surface area contributed by atoms with E-state index in [2.05, 4.69) is 10.1 Å². The molecule has 0 bridgehead atoms. The Hall–Kier alpha value is -2.87. The average Bonchev–Trinajstić information content (AvgIpc) is 2.79. The molecule has 0 atom stereocenters. The van der Waals surface area contributed by atoms with Gasteiger partial charge >= 0.3 is 0 Å². The second kappa shape index (κ2) is 3.86. The van der Waals surface area contributed by atoms with Gasteiger partial charge in [-0.25, -0.2) is 4.68 Å². The van der Waals surface area contributed by atoms with Gasteiger partial charge in [0, 0.05) is 11.6 Å². The minimum Gasteiger partial charge on any atom is -0.382 e. The molecular formula is C13H9N5. The second-order valence-electron chi connectivity index (χ2n) is 3.82. The van der Waals surface area contributed by atoms with Crippen LogP contribution in [-0.4, -0.2) is 14.8 Å². The van der Waals surface area contributed by atoms with Gasteiger partial charge in [-0.3, -0.25) is 4.98 Å². The van der Waals surface area contributed by atoms with Crippen molar-refractivity contribution in [1.82, 2.24) is 14.8 Å². The Labute approximate surface area is 103 Å². The van der Waals surface area contributed by atoms with Gasteiger partial charge in [0.1, 0.15) is 17.5 Å². The molecule has 0 spiro atoms. The number of anilines is 1. The monoisotopic (exact) mass is 235 g/mol. The zero-order valence-corrected chi connectivity index (χ0v) is 9.41. The van der Waals surface area contributed by atoms with Crippen molar-refractivity contribution in [3.05, 3.63) is 48.3 Å². The molecule has 3 rings (SSSR count). The molecule has 0 saturated carbocycles. The van der Waals surface area contributed by atoms with Crippen LogP contribution in [0.1, 0.15) is 5.56 Å². The van der Waals surface area contributed by atoms with E-state index in [1.165, 1.54) is 10.9 Å². The zero-order valence-electron chi connectivity index (χ0n) is 9.41. The van der Waals surface area contributed by atoms with Crippen molar-refractivity contribution in [1.29, 1.82) is 5.26 Å². The smallest absolute Gasteiger partial charge is 0.145 e. The summed E-state index contributed by atoms with van der Waals surface area (Å²) in [7, 11) is 0. The molecule has 0 fully saturated rings. The van der Waals surface area contributed by atoms with Crippen LogP contribution in [0.3, 0.4) is 0 Å². The third-order valence-electron chi connectivity index (χ3n) is 2.77. The Morgan fingerprint density at radius 2 is 2.06 bits per heavy atom. The molecule has 2 heterocycles. The summed E-state index contributed by atoms with van der Waals surface area (Å²) in [5, 5.41) is 14.0. The lowest BCUT2D eigenvalue weighted by atomic mass is 10.2. The minimum absolute atomic E-state index is 0.329. The van der Waals surface area contributed by atoms with Crippen LogP contribution in [0.25, 0.3) is 16.6 Å². The van der Waals surface area contributed by atoms with Crippen LogP contribution >= 0.6 is 0 Å². The van der Waals surface area contributed by atoms with Crippen LogP contribution < -0.4 is 5.73 Å². The Kier molecular flexibility index (Phi) is 2.21. The molecule has 0 aliphatic heterocycles. The average molecular weight is 235 g/mol. The maximum absolute atomic E-state index is 8.89. The quantitative estimate of drug-likeness (QED) is 0.698. The van der Waals surface area contributed by atoms with E-state index < -0.39 is 0 Å². The Balaban J connectivity index is 2.32. The lowest BCUT2D eigenvalue weighted by molar-refractivity contribution is 0.895. The topological polar surface area (TPSA) is 80.5 Å². The first-order chi connectivity index (χ1) is 8.81. The highest BCUT2D eigenvalue weighted by atomic mass is 15.3. The second-order valence-corrected chi connectivity index (χ2v) is 3.82. The highest BCUT2D eigenvalue weighted by Crippen LogP contribution is 2.23. The highest BCUT2D eigenvalue weighted by molar-refractivity contribution is 5.86. The molecular weight excluding hydrogens is 226 g/mol. The predicted octanol–water partition coefficient (Wildman–Crippen LogP) is 1.87. The molecule has 18 heavy (non-hydrogen) atoms. The third-order valence-corrected chi connectivity index (χ3v) is 2.77. The van der Waals surface area contributed by atoms with E-state index in [-0.39, 0.29) is 0 Å². The fourth-order valence-electron chi connectivity index (χ4n) is 1.90. The van der Waals surface area contributed by atoms with E-state index in [0.29, 0.717) is 11.4 Å². The van der Waals surface area contributed by atoms with Crippen molar-refractivity contribution in [2.24, 2.45) is 0 Å². The van der Waals surface area contributed by atoms with Crippen molar-refractivity contribution < 1.29 is 0 Å². The number of rotatable bonds is 1. The first-order valence-corrected chi connectivity index (χ1v) is 5.39. The minimum atomic E-state index is 0.329. The molecule has 0 amide bonds. The number of benzene rings is 1. The molecule has 2 aromatic heterocycles. The Morgan fingerprint density at radius 1 is 1.22 bits per heavy atom. The van der Waals surface area contributed by atoms with Gasteiger partial charge < -0.3 is 5.73 Å². The lowest BCUT2D eigenvalue weighted by Crippen LogP contribution is -2.03. The number of aromatic nitrogens is 3. The van der Waals surface area contributed by atoms with E-state index in [1.54, 1.807) is 6.20 Å². The maximum atomic E-state index is 8.89. The molecule has 0 aliphatic carbocycles. The van der Waals surface area contributed by atoms with E-state index in [1.807, 2.05) is 36.4 Å². The number of nitriles is 1. The van der Waals surface area contributed by atoms with Gasteiger partial charge in [-0.2, -0.15) is 10.4 Å². The maximum Gasteiger partial charge on any atom is 0.145 e.